The highest BCUT2D eigenvalue weighted by Crippen LogP contribution is 2.36. The van der Waals surface area contributed by atoms with Crippen molar-refractivity contribution in [2.24, 2.45) is 0 Å². The summed E-state index contributed by atoms with van der Waals surface area (Å²) in [6, 6.07) is 14.8. The number of rotatable bonds is 7. The van der Waals surface area contributed by atoms with Gasteiger partial charge in [0.05, 0.1) is 21.5 Å². The number of hydrogen-bond donors (Lipinski definition) is 0. The molecule has 8 heteroatoms. The lowest BCUT2D eigenvalue weighted by molar-refractivity contribution is -0.123. The number of aryl methyl sites for hydroxylation is 1. The minimum Gasteiger partial charge on any atom is -0.491 e. The maximum absolute atomic E-state index is 12.8. The van der Waals surface area contributed by atoms with Crippen LogP contribution in [0.1, 0.15) is 36.7 Å². The average molecular weight is 516 g/mol. The molecule has 0 bridgehead atoms. The van der Waals surface area contributed by atoms with E-state index in [1.165, 1.54) is 4.90 Å². The molecule has 0 atom stereocenters. The molecule has 0 unspecified atom stereocenters. The van der Waals surface area contributed by atoms with E-state index in [4.69, 9.17) is 32.4 Å². The molecular weight excluding hydrogens is 493 g/mol. The van der Waals surface area contributed by atoms with Crippen LogP contribution in [0.4, 0.5) is 4.79 Å². The van der Waals surface area contributed by atoms with Gasteiger partial charge < -0.3 is 9.15 Å². The van der Waals surface area contributed by atoms with Crippen molar-refractivity contribution in [1.82, 2.24) is 4.90 Å². The second kappa shape index (κ2) is 10.3. The quantitative estimate of drug-likeness (QED) is 0.300. The van der Waals surface area contributed by atoms with Crippen molar-refractivity contribution in [1.29, 1.82) is 0 Å². The van der Waals surface area contributed by atoms with E-state index in [1.807, 2.05) is 25.1 Å². The van der Waals surface area contributed by atoms with Crippen molar-refractivity contribution < 1.29 is 18.7 Å². The Morgan fingerprint density at radius 2 is 1.91 bits per heavy atom. The Morgan fingerprint density at radius 1 is 1.12 bits per heavy atom. The van der Waals surface area contributed by atoms with Crippen molar-refractivity contribution in [3.8, 4) is 17.1 Å². The summed E-state index contributed by atoms with van der Waals surface area (Å²) in [6.45, 7) is 6.57. The molecule has 1 saturated heterocycles. The summed E-state index contributed by atoms with van der Waals surface area (Å²) in [5.74, 6) is 1.67. The standard InChI is InChI=1S/C26H23Cl2NO4S/c1-15(2)18-9-7-16(3)13-22(18)32-12-11-29-25(30)23(34-26(29)31)14-17-8-10-21(33-17)19-5-4-6-20(27)24(19)28/h4-10,13-15H,11-12H2,1-3H3/b23-14-. The molecule has 4 rings (SSSR count). The molecule has 0 spiro atoms. The number of hydrogen-bond acceptors (Lipinski definition) is 5. The van der Waals surface area contributed by atoms with E-state index >= 15 is 0 Å². The third-order valence-electron chi connectivity index (χ3n) is 5.35. The largest absolute Gasteiger partial charge is 0.491 e. The maximum atomic E-state index is 12.8. The number of nitrogens with zero attached hydrogens (tertiary/aromatic N) is 1. The molecule has 0 N–H and O–H groups in total. The molecule has 2 aromatic carbocycles. The van der Waals surface area contributed by atoms with E-state index in [1.54, 1.807) is 36.4 Å². The van der Waals surface area contributed by atoms with Crippen LogP contribution in [-0.2, 0) is 4.79 Å². The van der Waals surface area contributed by atoms with Gasteiger partial charge in [0.25, 0.3) is 11.1 Å². The maximum Gasteiger partial charge on any atom is 0.293 e. The summed E-state index contributed by atoms with van der Waals surface area (Å²) in [7, 11) is 0. The van der Waals surface area contributed by atoms with Gasteiger partial charge in [-0.15, -0.1) is 0 Å². The van der Waals surface area contributed by atoms with E-state index in [2.05, 4.69) is 13.8 Å². The average Bonchev–Trinajstić information content (AvgIpc) is 3.35. The Labute approximate surface area is 212 Å². The number of halogens is 2. The van der Waals surface area contributed by atoms with Crippen molar-refractivity contribution in [2.45, 2.75) is 26.7 Å². The lowest BCUT2D eigenvalue weighted by Gasteiger charge is -2.17. The molecule has 2 amide bonds. The van der Waals surface area contributed by atoms with Crippen LogP contribution >= 0.6 is 35.0 Å². The first-order valence-corrected chi connectivity index (χ1v) is 12.3. The number of thioether (sulfide) groups is 1. The Bertz CT molecular complexity index is 1280. The highest BCUT2D eigenvalue weighted by Gasteiger charge is 2.35. The first-order chi connectivity index (χ1) is 16.2. The lowest BCUT2D eigenvalue weighted by atomic mass is 10.0. The van der Waals surface area contributed by atoms with E-state index in [-0.39, 0.29) is 24.3 Å². The number of carbonyl (C=O) groups is 2. The zero-order valence-corrected chi connectivity index (χ0v) is 21.3. The molecular formula is C26H23Cl2NO4S. The van der Waals surface area contributed by atoms with Gasteiger partial charge in [0.1, 0.15) is 23.9 Å². The fraction of sp³-hybridized carbons (Fsp3) is 0.231. The first kappa shape index (κ1) is 24.5. The summed E-state index contributed by atoms with van der Waals surface area (Å²) in [5, 5.41) is 0.476. The Hall–Kier alpha value is -2.67. The van der Waals surface area contributed by atoms with Crippen LogP contribution in [-0.4, -0.2) is 29.2 Å². The van der Waals surface area contributed by atoms with Crippen LogP contribution in [0.25, 0.3) is 17.4 Å². The van der Waals surface area contributed by atoms with Crippen LogP contribution in [0.5, 0.6) is 5.75 Å². The van der Waals surface area contributed by atoms with Crippen LogP contribution in [0.2, 0.25) is 10.0 Å². The Kier molecular flexibility index (Phi) is 7.41. The van der Waals surface area contributed by atoms with Gasteiger partial charge in [0.15, 0.2) is 0 Å². The second-order valence-electron chi connectivity index (χ2n) is 8.18. The van der Waals surface area contributed by atoms with Crippen LogP contribution in [0.3, 0.4) is 0 Å². The molecule has 0 aliphatic carbocycles. The molecule has 5 nitrogen and oxygen atoms in total. The number of furan rings is 1. The van der Waals surface area contributed by atoms with Gasteiger partial charge in [-0.3, -0.25) is 14.5 Å². The molecule has 1 aliphatic heterocycles. The zero-order chi connectivity index (χ0) is 24.4. The predicted octanol–water partition coefficient (Wildman–Crippen LogP) is 7.80. The monoisotopic (exact) mass is 515 g/mol. The van der Waals surface area contributed by atoms with Crippen molar-refractivity contribution in [3.05, 3.63) is 80.4 Å². The van der Waals surface area contributed by atoms with Gasteiger partial charge in [0.2, 0.25) is 0 Å². The van der Waals surface area contributed by atoms with Crippen molar-refractivity contribution in [2.75, 3.05) is 13.2 Å². The Balaban J connectivity index is 1.44. The van der Waals surface area contributed by atoms with Crippen LogP contribution < -0.4 is 4.74 Å². The van der Waals surface area contributed by atoms with E-state index in [9.17, 15) is 9.59 Å². The molecule has 2 heterocycles. The lowest BCUT2D eigenvalue weighted by Crippen LogP contribution is -2.32. The van der Waals surface area contributed by atoms with Gasteiger partial charge in [-0.2, -0.15) is 0 Å². The van der Waals surface area contributed by atoms with Crippen LogP contribution in [0, 0.1) is 6.92 Å². The minimum atomic E-state index is -0.370. The summed E-state index contributed by atoms with van der Waals surface area (Å²) >= 11 is 13.2. The molecule has 1 aromatic heterocycles. The molecule has 0 saturated carbocycles. The zero-order valence-electron chi connectivity index (χ0n) is 18.9. The summed E-state index contributed by atoms with van der Waals surface area (Å²) in [4.78, 5) is 26.8. The smallest absolute Gasteiger partial charge is 0.293 e. The molecule has 176 valence electrons. The fourth-order valence-corrected chi connectivity index (χ4v) is 4.82. The first-order valence-electron chi connectivity index (χ1n) is 10.8. The van der Waals surface area contributed by atoms with E-state index < -0.39 is 0 Å². The Morgan fingerprint density at radius 3 is 2.68 bits per heavy atom. The highest BCUT2D eigenvalue weighted by molar-refractivity contribution is 8.18. The number of carbonyl (C=O) groups excluding carboxylic acids is 2. The van der Waals surface area contributed by atoms with Gasteiger partial charge in [-0.1, -0.05) is 55.2 Å². The number of imide groups is 1. The number of amides is 2. The van der Waals surface area contributed by atoms with Gasteiger partial charge >= 0.3 is 0 Å². The predicted molar refractivity (Wildman–Crippen MR) is 138 cm³/mol. The molecule has 3 aromatic rings. The van der Waals surface area contributed by atoms with Gasteiger partial charge in [-0.25, -0.2) is 0 Å². The van der Waals surface area contributed by atoms with Gasteiger partial charge in [-0.05, 0) is 66.1 Å². The SMILES string of the molecule is Cc1ccc(C(C)C)c(OCCN2C(=O)S/C(=C\c3ccc(-c4cccc(Cl)c4Cl)o3)C2=O)c1. The summed E-state index contributed by atoms with van der Waals surface area (Å²) in [5.41, 5.74) is 2.83. The summed E-state index contributed by atoms with van der Waals surface area (Å²) in [6.07, 6.45) is 1.56. The van der Waals surface area contributed by atoms with Crippen LogP contribution in [0.15, 0.2) is 57.9 Å². The molecule has 1 aliphatic rings. The second-order valence-corrected chi connectivity index (χ2v) is 9.96. The molecule has 0 radical (unpaired) electrons. The fourth-order valence-electron chi connectivity index (χ4n) is 3.58. The normalized spacial score (nSPS) is 15.1. The number of ether oxygens (including phenoxy) is 1. The third kappa shape index (κ3) is 5.19. The highest BCUT2D eigenvalue weighted by atomic mass is 35.5. The summed E-state index contributed by atoms with van der Waals surface area (Å²) < 4.78 is 11.8. The number of benzene rings is 2. The van der Waals surface area contributed by atoms with E-state index in [0.717, 1.165) is 28.6 Å². The van der Waals surface area contributed by atoms with Gasteiger partial charge in [0, 0.05) is 11.6 Å². The topological polar surface area (TPSA) is 59.8 Å². The molecule has 34 heavy (non-hydrogen) atoms. The van der Waals surface area contributed by atoms with Crippen molar-refractivity contribution in [3.63, 3.8) is 0 Å². The van der Waals surface area contributed by atoms with Crippen molar-refractivity contribution >= 4 is 52.2 Å². The minimum absolute atomic E-state index is 0.162. The molecule has 1 fully saturated rings. The third-order valence-corrected chi connectivity index (χ3v) is 7.08. The van der Waals surface area contributed by atoms with E-state index in [0.29, 0.717) is 38.0 Å².